The van der Waals surface area contributed by atoms with Crippen molar-refractivity contribution < 1.29 is 9.15 Å². The van der Waals surface area contributed by atoms with Gasteiger partial charge < -0.3 is 14.5 Å². The van der Waals surface area contributed by atoms with Gasteiger partial charge in [-0.3, -0.25) is 0 Å². The molecule has 1 N–H and O–H groups in total. The Morgan fingerprint density at radius 1 is 1.28 bits per heavy atom. The van der Waals surface area contributed by atoms with E-state index in [-0.39, 0.29) is 0 Å². The van der Waals surface area contributed by atoms with E-state index in [0.29, 0.717) is 6.04 Å². The first-order chi connectivity index (χ1) is 8.78. The van der Waals surface area contributed by atoms with E-state index in [9.17, 15) is 0 Å². The van der Waals surface area contributed by atoms with Crippen molar-refractivity contribution in [3.8, 4) is 5.75 Å². The van der Waals surface area contributed by atoms with Crippen molar-refractivity contribution in [2.75, 3.05) is 13.7 Å². The predicted octanol–water partition coefficient (Wildman–Crippen LogP) is 3.56. The second kappa shape index (κ2) is 4.65. The van der Waals surface area contributed by atoms with Gasteiger partial charge in [0.15, 0.2) is 11.3 Å². The van der Waals surface area contributed by atoms with Crippen molar-refractivity contribution in [2.24, 2.45) is 0 Å². The van der Waals surface area contributed by atoms with Gasteiger partial charge in [0.25, 0.3) is 0 Å². The molecule has 0 saturated carbocycles. The molecule has 1 unspecified atom stereocenters. The molecule has 0 bridgehead atoms. The van der Waals surface area contributed by atoms with Gasteiger partial charge in [-0.15, -0.1) is 0 Å². The van der Waals surface area contributed by atoms with Crippen LogP contribution in [0.15, 0.2) is 22.6 Å². The van der Waals surface area contributed by atoms with Gasteiger partial charge in [0.05, 0.1) is 7.11 Å². The highest BCUT2D eigenvalue weighted by molar-refractivity contribution is 5.84. The van der Waals surface area contributed by atoms with Crippen LogP contribution in [0.1, 0.15) is 36.6 Å². The van der Waals surface area contributed by atoms with Crippen molar-refractivity contribution in [1.29, 1.82) is 0 Å². The standard InChI is InChI=1S/C15H19NO2/c1-10-7-12-8-11(13-5-3-4-6-16-13)9-14(17-2)15(12)18-10/h7-9,13,16H,3-6H2,1-2H3. The summed E-state index contributed by atoms with van der Waals surface area (Å²) in [7, 11) is 1.70. The van der Waals surface area contributed by atoms with E-state index in [1.54, 1.807) is 7.11 Å². The second-order valence-corrected chi connectivity index (χ2v) is 5.00. The van der Waals surface area contributed by atoms with Crippen LogP contribution >= 0.6 is 0 Å². The van der Waals surface area contributed by atoms with Gasteiger partial charge in [0.2, 0.25) is 0 Å². The normalized spacial score (nSPS) is 20.2. The Balaban J connectivity index is 2.06. The maximum atomic E-state index is 5.69. The molecule has 1 fully saturated rings. The SMILES string of the molecule is COc1cc(C2CCCCN2)cc2cc(C)oc12. The molecule has 0 aliphatic carbocycles. The Morgan fingerprint density at radius 2 is 2.17 bits per heavy atom. The van der Waals surface area contributed by atoms with Crippen LogP contribution in [-0.2, 0) is 0 Å². The van der Waals surface area contributed by atoms with Gasteiger partial charge in [-0.05, 0) is 50.1 Å². The summed E-state index contributed by atoms with van der Waals surface area (Å²) < 4.78 is 11.1. The zero-order chi connectivity index (χ0) is 12.5. The molecular formula is C15H19NO2. The molecule has 18 heavy (non-hydrogen) atoms. The molecule has 1 saturated heterocycles. The maximum Gasteiger partial charge on any atom is 0.176 e. The molecule has 1 aromatic carbocycles. The summed E-state index contributed by atoms with van der Waals surface area (Å²) in [6, 6.07) is 6.85. The molecule has 3 rings (SSSR count). The van der Waals surface area contributed by atoms with Gasteiger partial charge in [0.1, 0.15) is 5.76 Å². The lowest BCUT2D eigenvalue weighted by Crippen LogP contribution is -2.26. The number of aryl methyl sites for hydroxylation is 1. The summed E-state index contributed by atoms with van der Waals surface area (Å²) in [4.78, 5) is 0. The molecule has 1 aromatic heterocycles. The van der Waals surface area contributed by atoms with Crippen LogP contribution in [0.25, 0.3) is 11.0 Å². The summed E-state index contributed by atoms with van der Waals surface area (Å²) in [6.45, 7) is 3.08. The largest absolute Gasteiger partial charge is 0.493 e. The van der Waals surface area contributed by atoms with Crippen molar-refractivity contribution in [2.45, 2.75) is 32.2 Å². The lowest BCUT2D eigenvalue weighted by molar-refractivity contribution is 0.397. The number of furan rings is 1. The monoisotopic (exact) mass is 245 g/mol. The zero-order valence-electron chi connectivity index (χ0n) is 11.0. The number of benzene rings is 1. The Hall–Kier alpha value is -1.48. The number of piperidine rings is 1. The smallest absolute Gasteiger partial charge is 0.176 e. The third-order valence-corrected chi connectivity index (χ3v) is 3.66. The molecule has 1 aliphatic heterocycles. The molecule has 3 nitrogen and oxygen atoms in total. The lowest BCUT2D eigenvalue weighted by Gasteiger charge is -2.24. The van der Waals surface area contributed by atoms with E-state index in [1.165, 1.54) is 24.8 Å². The Morgan fingerprint density at radius 3 is 2.89 bits per heavy atom. The minimum Gasteiger partial charge on any atom is -0.493 e. The van der Waals surface area contributed by atoms with Crippen LogP contribution in [0, 0.1) is 6.92 Å². The molecule has 2 aromatic rings. The number of fused-ring (bicyclic) bond motifs is 1. The molecule has 2 heterocycles. The van der Waals surface area contributed by atoms with Crippen LogP contribution in [0.3, 0.4) is 0 Å². The lowest BCUT2D eigenvalue weighted by atomic mass is 9.96. The first-order valence-electron chi connectivity index (χ1n) is 6.59. The third-order valence-electron chi connectivity index (χ3n) is 3.66. The van der Waals surface area contributed by atoms with E-state index in [1.807, 2.05) is 6.92 Å². The molecule has 0 radical (unpaired) electrons. The van der Waals surface area contributed by atoms with Crippen LogP contribution in [0.5, 0.6) is 5.75 Å². The van der Waals surface area contributed by atoms with Crippen molar-refractivity contribution in [1.82, 2.24) is 5.32 Å². The number of methoxy groups -OCH3 is 1. The Kier molecular flexibility index (Phi) is 3.00. The molecular weight excluding hydrogens is 226 g/mol. The highest BCUT2D eigenvalue weighted by Crippen LogP contribution is 2.34. The highest BCUT2D eigenvalue weighted by atomic mass is 16.5. The van der Waals surface area contributed by atoms with Crippen LogP contribution in [0.2, 0.25) is 0 Å². The fraction of sp³-hybridized carbons (Fsp3) is 0.467. The van der Waals surface area contributed by atoms with Crippen molar-refractivity contribution in [3.05, 3.63) is 29.5 Å². The van der Waals surface area contributed by atoms with Gasteiger partial charge >= 0.3 is 0 Å². The number of hydrogen-bond donors (Lipinski definition) is 1. The quantitative estimate of drug-likeness (QED) is 0.878. The zero-order valence-corrected chi connectivity index (χ0v) is 11.0. The summed E-state index contributed by atoms with van der Waals surface area (Å²) in [6.07, 6.45) is 3.77. The molecule has 3 heteroatoms. The average Bonchev–Trinajstić information content (AvgIpc) is 2.78. The van der Waals surface area contributed by atoms with Gasteiger partial charge in [-0.25, -0.2) is 0 Å². The number of hydrogen-bond acceptors (Lipinski definition) is 3. The van der Waals surface area contributed by atoms with Crippen molar-refractivity contribution in [3.63, 3.8) is 0 Å². The maximum absolute atomic E-state index is 5.69. The molecule has 1 atom stereocenters. The first kappa shape index (κ1) is 11.6. The fourth-order valence-corrected chi connectivity index (χ4v) is 2.76. The van der Waals surface area contributed by atoms with E-state index in [0.717, 1.165) is 29.0 Å². The van der Waals surface area contributed by atoms with Gasteiger partial charge in [-0.2, -0.15) is 0 Å². The van der Waals surface area contributed by atoms with E-state index >= 15 is 0 Å². The first-order valence-corrected chi connectivity index (χ1v) is 6.59. The van der Waals surface area contributed by atoms with Crippen molar-refractivity contribution >= 4 is 11.0 Å². The van der Waals surface area contributed by atoms with Crippen LogP contribution in [-0.4, -0.2) is 13.7 Å². The average molecular weight is 245 g/mol. The van der Waals surface area contributed by atoms with E-state index in [4.69, 9.17) is 9.15 Å². The topological polar surface area (TPSA) is 34.4 Å². The van der Waals surface area contributed by atoms with Gasteiger partial charge in [0, 0.05) is 11.4 Å². The highest BCUT2D eigenvalue weighted by Gasteiger charge is 2.18. The Bertz CT molecular complexity index is 553. The number of rotatable bonds is 2. The number of ether oxygens (including phenoxy) is 1. The third kappa shape index (κ3) is 1.99. The van der Waals surface area contributed by atoms with Crippen LogP contribution in [0.4, 0.5) is 0 Å². The summed E-state index contributed by atoms with van der Waals surface area (Å²) in [5.41, 5.74) is 2.16. The molecule has 96 valence electrons. The van der Waals surface area contributed by atoms with Gasteiger partial charge in [-0.1, -0.05) is 6.42 Å². The summed E-state index contributed by atoms with van der Waals surface area (Å²) in [5.74, 6) is 1.76. The second-order valence-electron chi connectivity index (χ2n) is 5.00. The predicted molar refractivity (Wildman–Crippen MR) is 72.1 cm³/mol. The van der Waals surface area contributed by atoms with E-state index < -0.39 is 0 Å². The van der Waals surface area contributed by atoms with Crippen LogP contribution < -0.4 is 10.1 Å². The van der Waals surface area contributed by atoms with E-state index in [2.05, 4.69) is 23.5 Å². The number of nitrogens with one attached hydrogen (secondary N) is 1. The molecule has 0 spiro atoms. The minimum atomic E-state index is 0.451. The Labute approximate surface area is 107 Å². The summed E-state index contributed by atoms with van der Waals surface area (Å²) >= 11 is 0. The summed E-state index contributed by atoms with van der Waals surface area (Å²) in [5, 5.41) is 4.71. The fourth-order valence-electron chi connectivity index (χ4n) is 2.76. The molecule has 0 amide bonds. The molecule has 1 aliphatic rings. The minimum absolute atomic E-state index is 0.451.